The summed E-state index contributed by atoms with van der Waals surface area (Å²) in [5.41, 5.74) is -1.55. The fourth-order valence-electron chi connectivity index (χ4n) is 2.64. The highest BCUT2D eigenvalue weighted by atomic mass is 19.1. The maximum Gasteiger partial charge on any atom is 0.325 e. The van der Waals surface area contributed by atoms with E-state index in [0.717, 1.165) is 4.90 Å². The number of urea groups is 1. The van der Waals surface area contributed by atoms with Gasteiger partial charge in [0.05, 0.1) is 0 Å². The molecule has 2 aromatic rings. The van der Waals surface area contributed by atoms with Crippen molar-refractivity contribution in [1.82, 2.24) is 15.4 Å². The Hall–Kier alpha value is -3.23. The molecule has 1 atom stereocenters. The second-order valence-electron chi connectivity index (χ2n) is 5.80. The van der Waals surface area contributed by atoms with Crippen molar-refractivity contribution in [2.75, 3.05) is 11.9 Å². The average Bonchev–Trinajstić information content (AvgIpc) is 3.04. The van der Waals surface area contributed by atoms with Gasteiger partial charge in [-0.05, 0) is 19.9 Å². The van der Waals surface area contributed by atoms with Gasteiger partial charge in [0.15, 0.2) is 5.82 Å². The normalized spacial score (nSPS) is 19.9. The van der Waals surface area contributed by atoms with Gasteiger partial charge in [0.1, 0.15) is 23.7 Å². The number of rotatable bonds is 4. The Morgan fingerprint density at radius 2 is 2.12 bits per heavy atom. The van der Waals surface area contributed by atoms with E-state index in [9.17, 15) is 18.8 Å². The van der Waals surface area contributed by atoms with Crippen molar-refractivity contribution in [3.63, 3.8) is 0 Å². The summed E-state index contributed by atoms with van der Waals surface area (Å²) >= 11 is 0. The first-order chi connectivity index (χ1) is 11.8. The first kappa shape index (κ1) is 16.6. The number of nitrogens with zero attached hydrogens (tertiary/aromatic N) is 2. The van der Waals surface area contributed by atoms with Crippen molar-refractivity contribution in [2.24, 2.45) is 0 Å². The number of benzene rings is 1. The van der Waals surface area contributed by atoms with Gasteiger partial charge in [-0.2, -0.15) is 0 Å². The number of amides is 4. The Labute approximate surface area is 142 Å². The molecule has 2 N–H and O–H groups in total. The van der Waals surface area contributed by atoms with Gasteiger partial charge in [0.25, 0.3) is 5.91 Å². The van der Waals surface area contributed by atoms with Crippen molar-refractivity contribution < 1.29 is 23.3 Å². The largest absolute Gasteiger partial charge is 0.360 e. The molecular formula is C16H15FN4O4. The van der Waals surface area contributed by atoms with Crippen LogP contribution in [0, 0.1) is 12.7 Å². The zero-order valence-electron chi connectivity index (χ0n) is 13.5. The predicted octanol–water partition coefficient (Wildman–Crippen LogP) is 1.53. The topological polar surface area (TPSA) is 105 Å². The Morgan fingerprint density at radius 1 is 1.40 bits per heavy atom. The van der Waals surface area contributed by atoms with Crippen LogP contribution in [-0.4, -0.2) is 34.4 Å². The van der Waals surface area contributed by atoms with E-state index in [1.165, 1.54) is 31.2 Å². The number of aryl methyl sites for hydroxylation is 1. The van der Waals surface area contributed by atoms with Crippen LogP contribution in [0.1, 0.15) is 18.2 Å². The fraction of sp³-hybridized carbons (Fsp3) is 0.250. The Bertz CT molecular complexity index is 865. The van der Waals surface area contributed by atoms with Gasteiger partial charge in [-0.15, -0.1) is 0 Å². The van der Waals surface area contributed by atoms with Crippen LogP contribution in [0.15, 0.2) is 34.9 Å². The molecule has 0 radical (unpaired) electrons. The minimum atomic E-state index is -1.58. The summed E-state index contributed by atoms with van der Waals surface area (Å²) in [4.78, 5) is 37.6. The highest BCUT2D eigenvalue weighted by Gasteiger charge is 2.50. The second kappa shape index (κ2) is 6.00. The number of carbonyl (C=O) groups is 3. The lowest BCUT2D eigenvalue weighted by Crippen LogP contribution is -2.42. The fourth-order valence-corrected chi connectivity index (χ4v) is 2.64. The Kier molecular flexibility index (Phi) is 3.99. The summed E-state index contributed by atoms with van der Waals surface area (Å²) in [6, 6.07) is 6.37. The van der Waals surface area contributed by atoms with Gasteiger partial charge in [-0.1, -0.05) is 23.4 Å². The molecule has 0 bridgehead atoms. The van der Waals surface area contributed by atoms with E-state index in [-0.39, 0.29) is 11.4 Å². The molecule has 1 aliphatic rings. The first-order valence-corrected chi connectivity index (χ1v) is 7.43. The molecule has 3 rings (SSSR count). The molecule has 2 heterocycles. The average molecular weight is 346 g/mol. The highest BCUT2D eigenvalue weighted by molar-refractivity contribution is 6.10. The Balaban J connectivity index is 1.77. The third-order valence-corrected chi connectivity index (χ3v) is 3.88. The summed E-state index contributed by atoms with van der Waals surface area (Å²) < 4.78 is 18.9. The van der Waals surface area contributed by atoms with E-state index in [1.54, 1.807) is 13.0 Å². The Morgan fingerprint density at radius 3 is 2.76 bits per heavy atom. The molecule has 0 spiro atoms. The molecule has 130 valence electrons. The van der Waals surface area contributed by atoms with Gasteiger partial charge in [-0.25, -0.2) is 9.18 Å². The van der Waals surface area contributed by atoms with Crippen LogP contribution in [0.5, 0.6) is 0 Å². The lowest BCUT2D eigenvalue weighted by atomic mass is 9.91. The van der Waals surface area contributed by atoms with E-state index < -0.39 is 35.7 Å². The molecule has 1 aromatic carbocycles. The summed E-state index contributed by atoms with van der Waals surface area (Å²) in [7, 11) is 0. The number of hydrogen-bond donors (Lipinski definition) is 2. The van der Waals surface area contributed by atoms with Crippen LogP contribution < -0.4 is 10.6 Å². The summed E-state index contributed by atoms with van der Waals surface area (Å²) in [6.45, 7) is 2.52. The minimum Gasteiger partial charge on any atom is -0.360 e. The molecule has 1 fully saturated rings. The number of nitrogens with one attached hydrogen (secondary N) is 2. The van der Waals surface area contributed by atoms with Gasteiger partial charge >= 0.3 is 6.03 Å². The van der Waals surface area contributed by atoms with E-state index >= 15 is 0 Å². The monoisotopic (exact) mass is 346 g/mol. The van der Waals surface area contributed by atoms with Crippen molar-refractivity contribution in [1.29, 1.82) is 0 Å². The van der Waals surface area contributed by atoms with Gasteiger partial charge in [-0.3, -0.25) is 14.5 Å². The maximum atomic E-state index is 14.0. The molecule has 0 aliphatic carbocycles. The number of halogens is 1. The number of imide groups is 1. The summed E-state index contributed by atoms with van der Waals surface area (Å²) in [5, 5.41) is 8.46. The number of anilines is 1. The maximum absolute atomic E-state index is 14.0. The second-order valence-corrected chi connectivity index (χ2v) is 5.80. The number of aromatic nitrogens is 1. The standard InChI is InChI=1S/C16H15FN4O4/c1-9-7-12(20-25-9)18-13(22)8-21-14(23)16(2,19-15(21)24)10-5-3-4-6-11(10)17/h3-7H,8H2,1-2H3,(H,19,24)(H,18,20,22)/t16-/m0/s1. The molecule has 25 heavy (non-hydrogen) atoms. The van der Waals surface area contributed by atoms with Gasteiger partial charge in [0, 0.05) is 11.6 Å². The molecule has 1 aliphatic heterocycles. The molecule has 4 amide bonds. The zero-order chi connectivity index (χ0) is 18.2. The minimum absolute atomic E-state index is 0.0309. The first-order valence-electron chi connectivity index (χ1n) is 7.43. The van der Waals surface area contributed by atoms with Crippen LogP contribution in [0.25, 0.3) is 0 Å². The van der Waals surface area contributed by atoms with E-state index in [2.05, 4.69) is 15.8 Å². The highest BCUT2D eigenvalue weighted by Crippen LogP contribution is 2.30. The third kappa shape index (κ3) is 2.95. The lowest BCUT2D eigenvalue weighted by molar-refractivity contribution is -0.133. The zero-order valence-corrected chi connectivity index (χ0v) is 13.5. The molecule has 8 nitrogen and oxygen atoms in total. The predicted molar refractivity (Wildman–Crippen MR) is 83.9 cm³/mol. The lowest BCUT2D eigenvalue weighted by Gasteiger charge is -2.22. The van der Waals surface area contributed by atoms with Crippen LogP contribution in [0.3, 0.4) is 0 Å². The van der Waals surface area contributed by atoms with Crippen molar-refractivity contribution in [3.05, 3.63) is 47.5 Å². The number of hydrogen-bond acceptors (Lipinski definition) is 5. The van der Waals surface area contributed by atoms with Crippen molar-refractivity contribution >= 4 is 23.7 Å². The molecule has 9 heteroatoms. The quantitative estimate of drug-likeness (QED) is 0.817. The molecule has 0 unspecified atom stereocenters. The van der Waals surface area contributed by atoms with Crippen LogP contribution in [0.2, 0.25) is 0 Å². The van der Waals surface area contributed by atoms with Gasteiger partial charge < -0.3 is 15.2 Å². The van der Waals surface area contributed by atoms with Crippen LogP contribution in [0.4, 0.5) is 15.0 Å². The summed E-state index contributed by atoms with van der Waals surface area (Å²) in [6.07, 6.45) is 0. The van der Waals surface area contributed by atoms with E-state index in [4.69, 9.17) is 4.52 Å². The van der Waals surface area contributed by atoms with Crippen molar-refractivity contribution in [3.8, 4) is 0 Å². The van der Waals surface area contributed by atoms with E-state index in [0.29, 0.717) is 5.76 Å². The smallest absolute Gasteiger partial charge is 0.325 e. The molecule has 1 saturated heterocycles. The number of carbonyl (C=O) groups excluding carboxylic acids is 3. The van der Waals surface area contributed by atoms with E-state index in [1.807, 2.05) is 0 Å². The summed E-state index contributed by atoms with van der Waals surface area (Å²) in [5.74, 6) is -1.30. The van der Waals surface area contributed by atoms with Crippen LogP contribution >= 0.6 is 0 Å². The van der Waals surface area contributed by atoms with Crippen LogP contribution in [-0.2, 0) is 15.1 Å². The SMILES string of the molecule is Cc1cc(NC(=O)CN2C(=O)N[C@@](C)(c3ccccc3F)C2=O)no1. The third-order valence-electron chi connectivity index (χ3n) is 3.88. The van der Waals surface area contributed by atoms with Gasteiger partial charge in [0.2, 0.25) is 5.91 Å². The van der Waals surface area contributed by atoms with Crippen molar-refractivity contribution in [2.45, 2.75) is 19.4 Å². The molecule has 0 saturated carbocycles. The molecular weight excluding hydrogens is 331 g/mol. The molecule has 1 aromatic heterocycles.